The maximum Gasteiger partial charge on any atom is 0.472 e. The first-order chi connectivity index (χ1) is 64.1. The van der Waals surface area contributed by atoms with E-state index in [4.69, 9.17) is 51.7 Å². The molecule has 6 heterocycles. The molecule has 0 saturated carbocycles. The van der Waals surface area contributed by atoms with Crippen molar-refractivity contribution < 1.29 is 104 Å². The molecule has 13 atom stereocenters. The minimum atomic E-state index is -4.50. The van der Waals surface area contributed by atoms with Crippen molar-refractivity contribution in [2.24, 2.45) is 29.6 Å². The Kier molecular flexibility index (Phi) is 68.0. The highest BCUT2D eigenvalue weighted by Crippen LogP contribution is 2.48. The third-order valence-corrected chi connectivity index (χ3v) is 31.6. The summed E-state index contributed by atoms with van der Waals surface area (Å²) in [5.74, 6) is 5.64. The van der Waals surface area contributed by atoms with Crippen LogP contribution in [0.1, 0.15) is 317 Å². The van der Waals surface area contributed by atoms with Gasteiger partial charge in [-0.1, -0.05) is 155 Å². The highest BCUT2D eigenvalue weighted by molar-refractivity contribution is 8.77. The molecule has 802 valence electrons. The van der Waals surface area contributed by atoms with Gasteiger partial charge in [0.1, 0.15) is 17.3 Å². The number of carbonyl (C=O) groups excluding carboxylic acids is 9. The van der Waals surface area contributed by atoms with Gasteiger partial charge in [-0.15, -0.1) is 0 Å². The molecule has 6 aliphatic rings. The van der Waals surface area contributed by atoms with Crippen molar-refractivity contribution in [3.63, 3.8) is 0 Å². The molecule has 6 rings (SSSR count). The molecule has 6 aliphatic heterocycles. The normalized spacial score (nSPS) is 22.3. The molecular formula is C101H190N7O22PS6. The van der Waals surface area contributed by atoms with E-state index < -0.39 is 20.0 Å². The van der Waals surface area contributed by atoms with Crippen LogP contribution in [0.15, 0.2) is 0 Å². The van der Waals surface area contributed by atoms with Crippen molar-refractivity contribution in [3.05, 3.63) is 0 Å². The van der Waals surface area contributed by atoms with Gasteiger partial charge < -0.3 is 82.2 Å². The summed E-state index contributed by atoms with van der Waals surface area (Å²) in [6.45, 7) is 69.3. The van der Waals surface area contributed by atoms with Crippen LogP contribution >= 0.6 is 72.6 Å². The number of Topliss-reactive ketones (excluding diaryl/α,β-unsaturated/α-hetero) is 3. The number of likely N-dealkylation sites (tertiary alicyclic amines) is 6. The van der Waals surface area contributed by atoms with Gasteiger partial charge in [0.25, 0.3) is 0 Å². The van der Waals surface area contributed by atoms with Gasteiger partial charge >= 0.3 is 7.82 Å². The van der Waals surface area contributed by atoms with Crippen LogP contribution in [0.2, 0.25) is 0 Å². The molecule has 0 radical (unpaired) electrons. The SMILES string of the molecule is CC(C)CCC(=O)N1C[C@H](OC(C)C)C[C@H]1COC(C)C.CC(C)CSSCC(=O)N1C[C@H](OC(C)C)C[C@H]1COC(C)C.CC(C)NCCCC(=O)CCC(=O)N1C[C@H](C)C[C@H]1COP(=O)(O)O[C@@H]1C[C@@H](COC(C)C)N(C(=O)CCCSSCCC(=O)C(C)C)C1.CC(C)OC[C@@H]1C[C@@H](OC(C)C)CN1C(=O)CC(=O)C(C)C.CC(C)OC[C@@H]1C[C@@H](OC(C)C)CN1C(=O)CSSC(C)C. The summed E-state index contributed by atoms with van der Waals surface area (Å²) in [4.78, 5) is 134. The molecule has 6 amide bonds. The van der Waals surface area contributed by atoms with Crippen LogP contribution < -0.4 is 5.32 Å². The van der Waals surface area contributed by atoms with Crippen molar-refractivity contribution >= 4 is 125 Å². The number of carbonyl (C=O) groups is 9. The van der Waals surface area contributed by atoms with Gasteiger partial charge in [0.05, 0.1) is 179 Å². The fourth-order valence-corrected chi connectivity index (χ4v) is 23.4. The maximum absolute atomic E-state index is 13.2. The predicted octanol–water partition coefficient (Wildman–Crippen LogP) is 18.8. The van der Waals surface area contributed by atoms with Gasteiger partial charge in [0.2, 0.25) is 35.4 Å². The second-order valence-electron chi connectivity index (χ2n) is 41.8. The summed E-state index contributed by atoms with van der Waals surface area (Å²) in [6.07, 6.45) is 10.0. The van der Waals surface area contributed by atoms with Gasteiger partial charge in [-0.3, -0.25) is 52.2 Å². The molecule has 0 spiro atoms. The molecule has 0 aromatic rings. The number of ketones is 3. The Hall–Kier alpha value is -2.36. The molecule has 0 aromatic carbocycles. The van der Waals surface area contributed by atoms with Crippen LogP contribution in [0.4, 0.5) is 0 Å². The van der Waals surface area contributed by atoms with Crippen LogP contribution in [-0.4, -0.2) is 334 Å². The lowest BCUT2D eigenvalue weighted by Crippen LogP contribution is -2.40. The highest BCUT2D eigenvalue weighted by atomic mass is 33.1. The van der Waals surface area contributed by atoms with Crippen molar-refractivity contribution in [1.29, 1.82) is 0 Å². The van der Waals surface area contributed by atoms with Crippen LogP contribution in [0.3, 0.4) is 0 Å². The van der Waals surface area contributed by atoms with E-state index in [1.54, 1.807) is 79.5 Å². The van der Waals surface area contributed by atoms with Crippen molar-refractivity contribution in [2.75, 3.05) is 114 Å². The van der Waals surface area contributed by atoms with E-state index in [-0.39, 0.29) is 213 Å². The molecule has 2 N–H and O–H groups in total. The summed E-state index contributed by atoms with van der Waals surface area (Å²) in [6, 6.07) is 0.127. The minimum absolute atomic E-state index is 0.00128. The number of rotatable bonds is 60. The Bertz CT molecular complexity index is 3430. The Morgan fingerprint density at radius 1 is 0.358 bits per heavy atom. The van der Waals surface area contributed by atoms with Crippen molar-refractivity contribution in [1.82, 2.24) is 34.7 Å². The van der Waals surface area contributed by atoms with Gasteiger partial charge in [-0.2, -0.15) is 0 Å². The van der Waals surface area contributed by atoms with E-state index in [2.05, 4.69) is 60.7 Å². The molecule has 6 saturated heterocycles. The number of nitrogens with one attached hydrogen (secondary N) is 1. The van der Waals surface area contributed by atoms with E-state index in [0.717, 1.165) is 62.3 Å². The molecule has 0 aliphatic carbocycles. The summed E-state index contributed by atoms with van der Waals surface area (Å²) < 4.78 is 76.4. The lowest BCUT2D eigenvalue weighted by Gasteiger charge is -2.26. The average molecular weight is 2080 g/mol. The maximum atomic E-state index is 13.2. The second-order valence-corrected chi connectivity index (χ2v) is 51.4. The van der Waals surface area contributed by atoms with Gasteiger partial charge in [0, 0.05) is 118 Å². The first kappa shape index (κ1) is 131. The topological polar surface area (TPSA) is 324 Å². The van der Waals surface area contributed by atoms with E-state index in [0.29, 0.717) is 145 Å². The molecule has 0 bridgehead atoms. The van der Waals surface area contributed by atoms with Crippen molar-refractivity contribution in [3.8, 4) is 0 Å². The van der Waals surface area contributed by atoms with E-state index in [1.807, 2.05) is 174 Å². The Balaban J connectivity index is 0.000000613. The largest absolute Gasteiger partial charge is 0.472 e. The summed E-state index contributed by atoms with van der Waals surface area (Å²) >= 11 is 0. The van der Waals surface area contributed by atoms with Crippen LogP contribution in [0, 0.1) is 29.6 Å². The summed E-state index contributed by atoms with van der Waals surface area (Å²) in [5, 5.41) is 3.82. The van der Waals surface area contributed by atoms with Crippen LogP contribution in [0.5, 0.6) is 0 Å². The minimum Gasteiger partial charge on any atom is -0.377 e. The summed E-state index contributed by atoms with van der Waals surface area (Å²) in [7, 11) is 5.64. The van der Waals surface area contributed by atoms with E-state index >= 15 is 0 Å². The van der Waals surface area contributed by atoms with Gasteiger partial charge in [-0.05, 0) is 207 Å². The smallest absolute Gasteiger partial charge is 0.377 e. The Morgan fingerprint density at radius 2 is 0.723 bits per heavy atom. The fourth-order valence-electron chi connectivity index (χ4n) is 16.1. The molecular weight excluding hydrogens is 1890 g/mol. The number of phosphoric acid groups is 1. The van der Waals surface area contributed by atoms with E-state index in [1.165, 1.54) is 0 Å². The quantitative estimate of drug-likeness (QED) is 0.0247. The van der Waals surface area contributed by atoms with Crippen molar-refractivity contribution in [2.45, 2.75) is 450 Å². The zero-order valence-corrected chi connectivity index (χ0v) is 96.0. The number of hydrogen-bond acceptors (Lipinski definition) is 28. The molecule has 0 aromatic heterocycles. The van der Waals surface area contributed by atoms with Gasteiger partial charge in [0.15, 0.2) is 0 Å². The second kappa shape index (κ2) is 71.3. The Morgan fingerprint density at radius 3 is 1.11 bits per heavy atom. The van der Waals surface area contributed by atoms with Gasteiger partial charge in [-0.25, -0.2) is 4.57 Å². The van der Waals surface area contributed by atoms with Crippen LogP contribution in [-0.2, 0) is 99.4 Å². The highest BCUT2D eigenvalue weighted by Gasteiger charge is 2.44. The lowest BCUT2D eigenvalue weighted by atomic mass is 10.1. The standard InChI is InChI=1S/C34H62N3O9PS2.C17H31NO4.C17H33NO3S2.C17H33NO3.C16H31NO3S2/c1-24(2)32(39)14-17-49-48-16-9-11-33(40)37-21-31(19-29(37)22-44-26(5)6)46-47(42,43)45-23-28-18-27(7)20-36(28)34(41)13-12-30(38)10-8-15-35-25(3)4;1-11(2)16(19)8-17(20)18-9-15(22-13(5)6)7-14(18)10-21-12(3)4;1-12(2)10-22-23-11-17(19)18-8-16(21-14(5)6)7-15(18)9-20-13(3)4;1-12(2)7-8-17(19)18-10-16(21-14(5)6)9-15(18)11-20-13(3)4;1-11(2)19-9-14-7-15(20-12(3)4)8-17(14)16(18)10-21-22-13(5)6/h24-29,31,35H,8-23H2,1-7H3,(H,42,43);11-15H,7-10H2,1-6H3;12-16H,7-11H2,1-6H3;12-16H,7-11H2,1-6H3;11-15H,7-10H2,1-6H3/t27-,28+,29+,31-;14-,15+;2*15-,16+;14-,15+/m10000/s1. The number of nitrogens with zero attached hydrogens (tertiary/aromatic N) is 6. The monoisotopic (exact) mass is 2080 g/mol. The predicted molar refractivity (Wildman–Crippen MR) is 565 cm³/mol. The number of amides is 6. The zero-order chi connectivity index (χ0) is 104. The third-order valence-electron chi connectivity index (χ3n) is 22.7. The average Bonchev–Trinajstić information content (AvgIpc) is 1.70. The first-order valence-electron chi connectivity index (χ1n) is 51.4. The number of phosphoric ester groups is 1. The van der Waals surface area contributed by atoms with E-state index in [9.17, 15) is 52.6 Å². The Labute approximate surface area is 852 Å². The van der Waals surface area contributed by atoms with Crippen LogP contribution in [0.25, 0.3) is 0 Å². The summed E-state index contributed by atoms with van der Waals surface area (Å²) in [5.41, 5.74) is 0. The molecule has 29 nitrogen and oxygen atoms in total. The zero-order valence-electron chi connectivity index (χ0n) is 90.2. The lowest BCUT2D eigenvalue weighted by molar-refractivity contribution is -0.139. The molecule has 1 unspecified atom stereocenters. The molecule has 6 fully saturated rings. The first-order valence-corrected chi connectivity index (χ1v) is 60.2. The molecule has 36 heteroatoms. The fraction of sp³-hybridized carbons (Fsp3) is 0.911. The number of ether oxygens (including phenoxy) is 9. The third kappa shape index (κ3) is 59.3. The number of hydrogen-bond donors (Lipinski definition) is 2. The molecule has 137 heavy (non-hydrogen) atoms.